The smallest absolute Gasteiger partial charge is 0.133 e. The second kappa shape index (κ2) is 3.64. The van der Waals surface area contributed by atoms with Gasteiger partial charge in [0.25, 0.3) is 0 Å². The van der Waals surface area contributed by atoms with Crippen LogP contribution in [0.2, 0.25) is 0 Å². The zero-order valence-corrected chi connectivity index (χ0v) is 8.12. The predicted octanol–water partition coefficient (Wildman–Crippen LogP) is 1.74. The van der Waals surface area contributed by atoms with E-state index in [4.69, 9.17) is 5.73 Å². The summed E-state index contributed by atoms with van der Waals surface area (Å²) in [5.74, 6) is 0.908. The van der Waals surface area contributed by atoms with E-state index in [1.807, 2.05) is 19.2 Å². The molecule has 0 amide bonds. The molecule has 2 rings (SSSR count). The van der Waals surface area contributed by atoms with Crippen molar-refractivity contribution in [3.63, 3.8) is 0 Å². The summed E-state index contributed by atoms with van der Waals surface area (Å²) in [6.07, 6.45) is 1.80. The molecule has 0 fully saturated rings. The zero-order chi connectivity index (χ0) is 9.97. The number of nitrogens with one attached hydrogen (secondary N) is 1. The first-order chi connectivity index (χ1) is 6.85. The molecular weight excluding hydrogens is 174 g/mol. The number of hydrogen-bond acceptors (Lipinski definition) is 3. The minimum absolute atomic E-state index is 0.577. The van der Waals surface area contributed by atoms with Gasteiger partial charge in [0, 0.05) is 25.2 Å². The highest BCUT2D eigenvalue weighted by Crippen LogP contribution is 2.21. The minimum Gasteiger partial charge on any atom is -0.373 e. The molecule has 0 atom stereocenters. The molecule has 0 unspecified atom stereocenters. The van der Waals surface area contributed by atoms with Gasteiger partial charge in [-0.15, -0.1) is 0 Å². The van der Waals surface area contributed by atoms with Crippen LogP contribution in [0.4, 0.5) is 5.82 Å². The molecule has 1 aromatic heterocycles. The van der Waals surface area contributed by atoms with Gasteiger partial charge in [0.05, 0.1) is 0 Å². The molecule has 0 bridgehead atoms. The Morgan fingerprint density at radius 3 is 2.93 bits per heavy atom. The third-order valence-electron chi connectivity index (χ3n) is 2.30. The van der Waals surface area contributed by atoms with Crippen LogP contribution in [0.25, 0.3) is 10.8 Å². The fraction of sp³-hybridized carbons (Fsp3) is 0.182. The fourth-order valence-electron chi connectivity index (χ4n) is 1.55. The molecule has 0 saturated carbocycles. The van der Waals surface area contributed by atoms with Crippen LogP contribution in [0.1, 0.15) is 5.56 Å². The molecule has 0 aliphatic heterocycles. The van der Waals surface area contributed by atoms with Crippen LogP contribution in [-0.2, 0) is 6.54 Å². The average Bonchev–Trinajstić information content (AvgIpc) is 2.27. The molecule has 0 saturated heterocycles. The maximum absolute atomic E-state index is 5.58. The van der Waals surface area contributed by atoms with Crippen molar-refractivity contribution in [3.05, 3.63) is 36.0 Å². The van der Waals surface area contributed by atoms with Gasteiger partial charge in [0.15, 0.2) is 0 Å². The van der Waals surface area contributed by atoms with Gasteiger partial charge in [0.1, 0.15) is 5.82 Å². The van der Waals surface area contributed by atoms with E-state index >= 15 is 0 Å². The van der Waals surface area contributed by atoms with Crippen LogP contribution >= 0.6 is 0 Å². The highest BCUT2D eigenvalue weighted by Gasteiger charge is 2.00. The van der Waals surface area contributed by atoms with Crippen LogP contribution in [0.15, 0.2) is 30.5 Å². The number of hydrogen-bond donors (Lipinski definition) is 2. The second-order valence-corrected chi connectivity index (χ2v) is 3.17. The number of pyridine rings is 1. The standard InChI is InChI=1S/C11H13N3/c1-13-11-10-3-2-8(7-12)6-9(10)4-5-14-11/h2-6H,7,12H2,1H3,(H,13,14). The molecule has 0 radical (unpaired) electrons. The van der Waals surface area contributed by atoms with Crippen molar-refractivity contribution in [2.45, 2.75) is 6.54 Å². The first-order valence-electron chi connectivity index (χ1n) is 4.60. The predicted molar refractivity (Wildman–Crippen MR) is 59.2 cm³/mol. The van der Waals surface area contributed by atoms with E-state index in [9.17, 15) is 0 Å². The monoisotopic (exact) mass is 187 g/mol. The molecule has 3 N–H and O–H groups in total. The number of rotatable bonds is 2. The van der Waals surface area contributed by atoms with Gasteiger partial charge < -0.3 is 11.1 Å². The Labute approximate surface area is 83.0 Å². The summed E-state index contributed by atoms with van der Waals surface area (Å²) in [6, 6.07) is 8.18. The van der Waals surface area contributed by atoms with E-state index in [0.717, 1.165) is 16.8 Å². The van der Waals surface area contributed by atoms with Gasteiger partial charge in [-0.2, -0.15) is 0 Å². The normalized spacial score (nSPS) is 10.4. The quantitative estimate of drug-likeness (QED) is 0.752. The molecule has 0 aliphatic rings. The molecule has 3 heteroatoms. The van der Waals surface area contributed by atoms with Gasteiger partial charge in [-0.05, 0) is 23.1 Å². The van der Waals surface area contributed by atoms with Crippen LogP contribution in [0, 0.1) is 0 Å². The van der Waals surface area contributed by atoms with Gasteiger partial charge in [-0.25, -0.2) is 4.98 Å². The lowest BCUT2D eigenvalue weighted by molar-refractivity contribution is 1.08. The van der Waals surface area contributed by atoms with Gasteiger partial charge in [-0.1, -0.05) is 12.1 Å². The third kappa shape index (κ3) is 1.42. The highest BCUT2D eigenvalue weighted by molar-refractivity contribution is 5.92. The largest absolute Gasteiger partial charge is 0.373 e. The first kappa shape index (κ1) is 8.97. The molecule has 2 aromatic rings. The Bertz CT molecular complexity index is 451. The zero-order valence-electron chi connectivity index (χ0n) is 8.12. The molecule has 1 aromatic carbocycles. The first-order valence-corrected chi connectivity index (χ1v) is 4.60. The lowest BCUT2D eigenvalue weighted by Crippen LogP contribution is -1.97. The summed E-state index contributed by atoms with van der Waals surface area (Å²) >= 11 is 0. The SMILES string of the molecule is CNc1nccc2cc(CN)ccc12. The maximum atomic E-state index is 5.58. The second-order valence-electron chi connectivity index (χ2n) is 3.17. The Balaban J connectivity index is 2.67. The molecule has 1 heterocycles. The summed E-state index contributed by atoms with van der Waals surface area (Å²) in [7, 11) is 1.87. The summed E-state index contributed by atoms with van der Waals surface area (Å²) in [5, 5.41) is 5.37. The maximum Gasteiger partial charge on any atom is 0.133 e. The Hall–Kier alpha value is -1.61. The van der Waals surface area contributed by atoms with E-state index in [-0.39, 0.29) is 0 Å². The average molecular weight is 187 g/mol. The van der Waals surface area contributed by atoms with Crippen LogP contribution < -0.4 is 11.1 Å². The number of nitrogens with two attached hydrogens (primary N) is 1. The van der Waals surface area contributed by atoms with Crippen molar-refractivity contribution in [2.24, 2.45) is 5.73 Å². The van der Waals surface area contributed by atoms with Crippen LogP contribution in [0.3, 0.4) is 0 Å². The Morgan fingerprint density at radius 1 is 1.36 bits per heavy atom. The highest BCUT2D eigenvalue weighted by atomic mass is 14.9. The lowest BCUT2D eigenvalue weighted by atomic mass is 10.1. The number of benzene rings is 1. The van der Waals surface area contributed by atoms with E-state index in [0.29, 0.717) is 6.54 Å². The van der Waals surface area contributed by atoms with Crippen molar-refractivity contribution in [1.82, 2.24) is 4.98 Å². The summed E-state index contributed by atoms with van der Waals surface area (Å²) in [6.45, 7) is 0.577. The summed E-state index contributed by atoms with van der Waals surface area (Å²) < 4.78 is 0. The van der Waals surface area contributed by atoms with E-state index in [1.54, 1.807) is 6.20 Å². The molecule has 0 spiro atoms. The molecule has 3 nitrogen and oxygen atoms in total. The van der Waals surface area contributed by atoms with Crippen molar-refractivity contribution in [3.8, 4) is 0 Å². The van der Waals surface area contributed by atoms with Gasteiger partial charge in [0.2, 0.25) is 0 Å². The van der Waals surface area contributed by atoms with Gasteiger partial charge in [-0.3, -0.25) is 0 Å². The number of nitrogens with zero attached hydrogens (tertiary/aromatic N) is 1. The Morgan fingerprint density at radius 2 is 2.21 bits per heavy atom. The minimum atomic E-state index is 0.577. The molecule has 0 aliphatic carbocycles. The number of anilines is 1. The van der Waals surface area contributed by atoms with E-state index in [2.05, 4.69) is 22.4 Å². The van der Waals surface area contributed by atoms with Crippen molar-refractivity contribution >= 4 is 16.6 Å². The van der Waals surface area contributed by atoms with Crippen molar-refractivity contribution in [1.29, 1.82) is 0 Å². The van der Waals surface area contributed by atoms with E-state index < -0.39 is 0 Å². The fourth-order valence-corrected chi connectivity index (χ4v) is 1.55. The van der Waals surface area contributed by atoms with Crippen LogP contribution in [0.5, 0.6) is 0 Å². The topological polar surface area (TPSA) is 50.9 Å². The molecule has 14 heavy (non-hydrogen) atoms. The van der Waals surface area contributed by atoms with Gasteiger partial charge >= 0.3 is 0 Å². The summed E-state index contributed by atoms with van der Waals surface area (Å²) in [4.78, 5) is 4.24. The third-order valence-corrected chi connectivity index (χ3v) is 2.30. The van der Waals surface area contributed by atoms with Crippen LogP contribution in [-0.4, -0.2) is 12.0 Å². The molecular formula is C11H13N3. The van der Waals surface area contributed by atoms with E-state index in [1.165, 1.54) is 5.39 Å². The van der Waals surface area contributed by atoms with Crippen molar-refractivity contribution < 1.29 is 0 Å². The number of aromatic nitrogens is 1. The Kier molecular flexibility index (Phi) is 2.33. The number of fused-ring (bicyclic) bond motifs is 1. The molecule has 72 valence electrons. The van der Waals surface area contributed by atoms with Crippen molar-refractivity contribution in [2.75, 3.05) is 12.4 Å². The lowest BCUT2D eigenvalue weighted by Gasteiger charge is -2.05. The summed E-state index contributed by atoms with van der Waals surface area (Å²) in [5.41, 5.74) is 6.72.